The van der Waals surface area contributed by atoms with E-state index in [1.54, 1.807) is 4.31 Å². The fraction of sp³-hybridized carbons (Fsp3) is 0.696. The molecule has 0 atom stereocenters. The number of amides is 1. The number of carbonyl (C=O) groups is 1. The highest BCUT2D eigenvalue weighted by Crippen LogP contribution is 2.25. The van der Waals surface area contributed by atoms with Crippen LogP contribution in [0.4, 0.5) is 0 Å². The van der Waals surface area contributed by atoms with Gasteiger partial charge in [0.25, 0.3) is 5.91 Å². The number of rotatable bonds is 5. The van der Waals surface area contributed by atoms with Gasteiger partial charge in [0.1, 0.15) is 0 Å². The van der Waals surface area contributed by atoms with E-state index in [0.29, 0.717) is 19.0 Å². The summed E-state index contributed by atoms with van der Waals surface area (Å²) in [5, 5.41) is 0. The van der Waals surface area contributed by atoms with E-state index in [2.05, 4.69) is 17.0 Å². The molecule has 30 heavy (non-hydrogen) atoms. The highest BCUT2D eigenvalue weighted by atomic mass is 32.2. The maximum absolute atomic E-state index is 12.9. The van der Waals surface area contributed by atoms with Crippen molar-refractivity contribution < 1.29 is 13.2 Å². The number of hydrogen-bond donors (Lipinski definition) is 0. The van der Waals surface area contributed by atoms with Crippen molar-refractivity contribution in [3.8, 4) is 0 Å². The predicted octanol–water partition coefficient (Wildman–Crippen LogP) is 2.60. The van der Waals surface area contributed by atoms with Gasteiger partial charge in [-0.2, -0.15) is 0 Å². The van der Waals surface area contributed by atoms with Crippen LogP contribution in [0.25, 0.3) is 0 Å². The van der Waals surface area contributed by atoms with Crippen molar-refractivity contribution in [2.75, 3.05) is 45.5 Å². The normalized spacial score (nSPS) is 23.2. The van der Waals surface area contributed by atoms with Crippen molar-refractivity contribution in [2.24, 2.45) is 5.92 Å². The molecular weight excluding hydrogens is 398 g/mol. The molecule has 0 aromatic heterocycles. The SMILES string of the molecule is CS(=O)(=O)N1CCC(Cc2ccc(C(=O)N3CCN(C4CCCC4)CC3)cc2)CC1. The molecule has 1 aromatic rings. The molecule has 0 bridgehead atoms. The molecule has 2 saturated heterocycles. The lowest BCUT2D eigenvalue weighted by molar-refractivity contribution is 0.0573. The second-order valence-electron chi connectivity index (χ2n) is 9.27. The average Bonchev–Trinajstić information content (AvgIpc) is 3.29. The Kier molecular flexibility index (Phi) is 6.80. The molecule has 3 aliphatic rings. The molecule has 7 heteroatoms. The number of piperidine rings is 1. The van der Waals surface area contributed by atoms with E-state index >= 15 is 0 Å². The van der Waals surface area contributed by atoms with Crippen LogP contribution in [0.3, 0.4) is 0 Å². The van der Waals surface area contributed by atoms with Gasteiger partial charge in [0.2, 0.25) is 10.0 Å². The maximum Gasteiger partial charge on any atom is 0.253 e. The molecule has 4 rings (SSSR count). The smallest absolute Gasteiger partial charge is 0.253 e. The van der Waals surface area contributed by atoms with Crippen LogP contribution in [0.15, 0.2) is 24.3 Å². The van der Waals surface area contributed by atoms with Gasteiger partial charge in [0.05, 0.1) is 6.26 Å². The fourth-order valence-electron chi connectivity index (χ4n) is 5.30. The largest absolute Gasteiger partial charge is 0.336 e. The standard InChI is InChI=1S/C23H35N3O3S/c1-30(28,29)26-12-10-20(11-13-26)18-19-6-8-21(9-7-19)23(27)25-16-14-24(15-17-25)22-4-2-3-5-22/h6-9,20,22H,2-5,10-18H2,1H3. The molecule has 1 saturated carbocycles. The molecular formula is C23H35N3O3S. The van der Waals surface area contributed by atoms with Crippen molar-refractivity contribution >= 4 is 15.9 Å². The summed E-state index contributed by atoms with van der Waals surface area (Å²) in [5.41, 5.74) is 2.01. The lowest BCUT2D eigenvalue weighted by Crippen LogP contribution is -2.51. The molecule has 6 nitrogen and oxygen atoms in total. The molecule has 0 radical (unpaired) electrons. The predicted molar refractivity (Wildman–Crippen MR) is 119 cm³/mol. The molecule has 0 spiro atoms. The van der Waals surface area contributed by atoms with Crippen LogP contribution >= 0.6 is 0 Å². The van der Waals surface area contributed by atoms with E-state index in [1.807, 2.05) is 17.0 Å². The molecule has 2 aliphatic heterocycles. The Morgan fingerprint density at radius 1 is 0.900 bits per heavy atom. The van der Waals surface area contributed by atoms with Crippen molar-refractivity contribution in [1.82, 2.24) is 14.1 Å². The Balaban J connectivity index is 1.26. The summed E-state index contributed by atoms with van der Waals surface area (Å²) < 4.78 is 24.9. The van der Waals surface area contributed by atoms with Gasteiger partial charge in [-0.25, -0.2) is 12.7 Å². The minimum absolute atomic E-state index is 0.147. The van der Waals surface area contributed by atoms with Gasteiger partial charge in [-0.15, -0.1) is 0 Å². The number of nitrogens with zero attached hydrogens (tertiary/aromatic N) is 3. The van der Waals surface area contributed by atoms with E-state index in [9.17, 15) is 13.2 Å². The first-order chi connectivity index (χ1) is 14.4. The second-order valence-corrected chi connectivity index (χ2v) is 11.3. The highest BCUT2D eigenvalue weighted by Gasteiger charge is 2.28. The minimum Gasteiger partial charge on any atom is -0.336 e. The number of hydrogen-bond acceptors (Lipinski definition) is 4. The van der Waals surface area contributed by atoms with Gasteiger partial charge < -0.3 is 4.90 Å². The van der Waals surface area contributed by atoms with Gasteiger partial charge in [0, 0.05) is 50.9 Å². The fourth-order valence-corrected chi connectivity index (χ4v) is 6.18. The maximum atomic E-state index is 12.9. The summed E-state index contributed by atoms with van der Waals surface area (Å²) in [6.07, 6.45) is 9.40. The molecule has 1 amide bonds. The van der Waals surface area contributed by atoms with E-state index in [4.69, 9.17) is 0 Å². The molecule has 3 fully saturated rings. The number of sulfonamides is 1. The van der Waals surface area contributed by atoms with Crippen LogP contribution in [-0.2, 0) is 16.4 Å². The van der Waals surface area contributed by atoms with Crippen LogP contribution < -0.4 is 0 Å². The monoisotopic (exact) mass is 433 g/mol. The minimum atomic E-state index is -3.07. The van der Waals surface area contributed by atoms with Crippen molar-refractivity contribution in [3.63, 3.8) is 0 Å². The van der Waals surface area contributed by atoms with Gasteiger partial charge in [-0.1, -0.05) is 25.0 Å². The van der Waals surface area contributed by atoms with E-state index in [-0.39, 0.29) is 5.91 Å². The Bertz CT molecular complexity index is 818. The lowest BCUT2D eigenvalue weighted by atomic mass is 9.90. The van der Waals surface area contributed by atoms with Crippen LogP contribution in [0.5, 0.6) is 0 Å². The van der Waals surface area contributed by atoms with Crippen molar-refractivity contribution in [2.45, 2.75) is 51.0 Å². The van der Waals surface area contributed by atoms with Crippen LogP contribution in [-0.4, -0.2) is 80.0 Å². The van der Waals surface area contributed by atoms with Gasteiger partial charge >= 0.3 is 0 Å². The quantitative estimate of drug-likeness (QED) is 0.716. The van der Waals surface area contributed by atoms with E-state index < -0.39 is 10.0 Å². The van der Waals surface area contributed by atoms with Crippen LogP contribution in [0.2, 0.25) is 0 Å². The Labute approximate surface area is 181 Å². The summed E-state index contributed by atoms with van der Waals surface area (Å²) in [6, 6.07) is 8.82. The number of piperazine rings is 1. The Morgan fingerprint density at radius 3 is 2.07 bits per heavy atom. The summed E-state index contributed by atoms with van der Waals surface area (Å²) in [4.78, 5) is 17.5. The zero-order valence-electron chi connectivity index (χ0n) is 18.1. The molecule has 2 heterocycles. The average molecular weight is 434 g/mol. The molecule has 166 valence electrons. The zero-order valence-corrected chi connectivity index (χ0v) is 18.9. The van der Waals surface area contributed by atoms with Crippen LogP contribution in [0.1, 0.15) is 54.4 Å². The third-order valence-electron chi connectivity index (χ3n) is 7.21. The first kappa shape index (κ1) is 21.8. The molecule has 0 unspecified atom stereocenters. The highest BCUT2D eigenvalue weighted by molar-refractivity contribution is 7.88. The summed E-state index contributed by atoms with van der Waals surface area (Å²) in [6.45, 7) is 4.90. The summed E-state index contributed by atoms with van der Waals surface area (Å²) in [5.74, 6) is 0.655. The topological polar surface area (TPSA) is 60.9 Å². The van der Waals surface area contributed by atoms with E-state index in [0.717, 1.165) is 57.0 Å². The molecule has 1 aliphatic carbocycles. The molecule has 0 N–H and O–H groups in total. The number of benzene rings is 1. The third kappa shape index (κ3) is 5.24. The summed E-state index contributed by atoms with van der Waals surface area (Å²) >= 11 is 0. The first-order valence-electron chi connectivity index (χ1n) is 11.5. The third-order valence-corrected chi connectivity index (χ3v) is 8.51. The van der Waals surface area contributed by atoms with Gasteiger partial charge in [-0.3, -0.25) is 9.69 Å². The number of carbonyl (C=O) groups excluding carboxylic acids is 1. The molecule has 1 aromatic carbocycles. The van der Waals surface area contributed by atoms with Gasteiger partial charge in [0.15, 0.2) is 0 Å². The van der Waals surface area contributed by atoms with Crippen LogP contribution in [0, 0.1) is 5.92 Å². The first-order valence-corrected chi connectivity index (χ1v) is 13.3. The van der Waals surface area contributed by atoms with Crippen molar-refractivity contribution in [3.05, 3.63) is 35.4 Å². The zero-order chi connectivity index (χ0) is 21.1. The van der Waals surface area contributed by atoms with Gasteiger partial charge in [-0.05, 0) is 55.7 Å². The second kappa shape index (κ2) is 9.37. The van der Waals surface area contributed by atoms with E-state index in [1.165, 1.54) is 37.5 Å². The Hall–Kier alpha value is -1.44. The lowest BCUT2D eigenvalue weighted by Gasteiger charge is -2.38. The van der Waals surface area contributed by atoms with Crippen molar-refractivity contribution in [1.29, 1.82) is 0 Å². The summed E-state index contributed by atoms with van der Waals surface area (Å²) in [7, 11) is -3.07. The Morgan fingerprint density at radius 2 is 1.50 bits per heavy atom.